The molecule has 4 atom stereocenters. The highest BCUT2D eigenvalue weighted by Crippen LogP contribution is 2.69. The van der Waals surface area contributed by atoms with Crippen molar-refractivity contribution in [3.63, 3.8) is 0 Å². The van der Waals surface area contributed by atoms with E-state index in [1.54, 1.807) is 24.3 Å². The molecule has 0 spiro atoms. The molecule has 3 aliphatic rings. The standard InChI is InChI=1S/C19H16N4O2/c20-10-17(11-21)15(13-6-2-1-3-7-13)24-19-9-5-4-8-14(19)18(17,12-22)16(23)25-19/h1-3,6-7,14-15,23H,4-5,8-9H2/t14-,15+,18+,19-/m1/s1. The van der Waals surface area contributed by atoms with Gasteiger partial charge in [0.25, 0.3) is 0 Å². The van der Waals surface area contributed by atoms with Crippen LogP contribution in [-0.2, 0) is 9.47 Å². The van der Waals surface area contributed by atoms with Gasteiger partial charge >= 0.3 is 0 Å². The Balaban J connectivity index is 2.01. The molecule has 1 aromatic rings. The van der Waals surface area contributed by atoms with Crippen molar-refractivity contribution in [2.24, 2.45) is 16.7 Å². The first-order chi connectivity index (χ1) is 12.1. The molecule has 0 aromatic heterocycles. The fraction of sp³-hybridized carbons (Fsp3) is 0.474. The third-order valence-corrected chi connectivity index (χ3v) is 5.92. The Hall–Kier alpha value is -2.88. The third-order valence-electron chi connectivity index (χ3n) is 5.92. The average Bonchev–Trinajstić information content (AvgIpc) is 2.87. The van der Waals surface area contributed by atoms with Crippen LogP contribution in [0, 0.1) is 56.2 Å². The largest absolute Gasteiger partial charge is 0.447 e. The second-order valence-electron chi connectivity index (χ2n) is 6.90. The number of benzene rings is 1. The second-order valence-corrected chi connectivity index (χ2v) is 6.90. The molecule has 2 aliphatic heterocycles. The lowest BCUT2D eigenvalue weighted by Gasteiger charge is -2.51. The van der Waals surface area contributed by atoms with Crippen molar-refractivity contribution in [3.8, 4) is 18.2 Å². The van der Waals surface area contributed by atoms with Crippen LogP contribution in [-0.4, -0.2) is 11.7 Å². The van der Waals surface area contributed by atoms with Gasteiger partial charge in [-0.1, -0.05) is 36.8 Å². The van der Waals surface area contributed by atoms with E-state index >= 15 is 0 Å². The summed E-state index contributed by atoms with van der Waals surface area (Å²) in [6, 6.07) is 15.3. The number of nitriles is 3. The maximum absolute atomic E-state index is 10.1. The zero-order valence-corrected chi connectivity index (χ0v) is 13.5. The molecule has 2 saturated heterocycles. The predicted octanol–water partition coefficient (Wildman–Crippen LogP) is 3.20. The monoisotopic (exact) mass is 332 g/mol. The van der Waals surface area contributed by atoms with Gasteiger partial charge in [0.05, 0.1) is 24.1 Å². The van der Waals surface area contributed by atoms with Crippen LogP contribution in [0.5, 0.6) is 0 Å². The topological polar surface area (TPSA) is 114 Å². The highest BCUT2D eigenvalue weighted by Gasteiger charge is 2.80. The van der Waals surface area contributed by atoms with E-state index < -0.39 is 28.6 Å². The van der Waals surface area contributed by atoms with Crippen molar-refractivity contribution in [3.05, 3.63) is 35.9 Å². The smallest absolute Gasteiger partial charge is 0.217 e. The quantitative estimate of drug-likeness (QED) is 0.848. The zero-order chi connectivity index (χ0) is 17.7. The molecule has 1 aromatic carbocycles. The summed E-state index contributed by atoms with van der Waals surface area (Å²) < 4.78 is 12.1. The second kappa shape index (κ2) is 5.06. The Kier molecular flexibility index (Phi) is 3.16. The average molecular weight is 332 g/mol. The summed E-state index contributed by atoms with van der Waals surface area (Å²) in [4.78, 5) is 0. The summed E-state index contributed by atoms with van der Waals surface area (Å²) in [5, 5.41) is 38.6. The molecule has 1 aliphatic carbocycles. The van der Waals surface area contributed by atoms with E-state index in [1.807, 2.05) is 6.07 Å². The lowest BCUT2D eigenvalue weighted by molar-refractivity contribution is -0.294. The van der Waals surface area contributed by atoms with E-state index in [4.69, 9.17) is 14.9 Å². The van der Waals surface area contributed by atoms with Crippen molar-refractivity contribution in [2.45, 2.75) is 37.6 Å². The van der Waals surface area contributed by atoms with Crippen molar-refractivity contribution < 1.29 is 9.47 Å². The van der Waals surface area contributed by atoms with Gasteiger partial charge in [-0.3, -0.25) is 5.41 Å². The third kappa shape index (κ3) is 1.62. The first-order valence-corrected chi connectivity index (χ1v) is 8.35. The maximum Gasteiger partial charge on any atom is 0.217 e. The Morgan fingerprint density at radius 2 is 1.76 bits per heavy atom. The summed E-state index contributed by atoms with van der Waals surface area (Å²) in [6.07, 6.45) is 1.93. The number of hydrogen-bond acceptors (Lipinski definition) is 6. The molecule has 2 bridgehead atoms. The minimum absolute atomic E-state index is 0.302. The number of hydrogen-bond donors (Lipinski definition) is 1. The molecule has 0 unspecified atom stereocenters. The van der Waals surface area contributed by atoms with Crippen LogP contribution in [0.2, 0.25) is 0 Å². The summed E-state index contributed by atoms with van der Waals surface area (Å²) in [5.74, 6) is -1.88. The fourth-order valence-electron chi connectivity index (χ4n) is 4.79. The van der Waals surface area contributed by atoms with Crippen molar-refractivity contribution in [1.29, 1.82) is 21.2 Å². The minimum Gasteiger partial charge on any atom is -0.447 e. The summed E-state index contributed by atoms with van der Waals surface area (Å²) >= 11 is 0. The van der Waals surface area contributed by atoms with Crippen LogP contribution in [0.3, 0.4) is 0 Å². The lowest BCUT2D eigenvalue weighted by atomic mass is 9.51. The molecule has 1 N–H and O–H groups in total. The van der Waals surface area contributed by atoms with Crippen LogP contribution in [0.1, 0.15) is 37.4 Å². The van der Waals surface area contributed by atoms with Gasteiger partial charge in [-0.25, -0.2) is 0 Å². The fourth-order valence-corrected chi connectivity index (χ4v) is 4.79. The summed E-state index contributed by atoms with van der Waals surface area (Å²) in [6.45, 7) is 0. The molecular weight excluding hydrogens is 316 g/mol. The molecule has 0 amide bonds. The lowest BCUT2D eigenvalue weighted by Crippen LogP contribution is -2.60. The van der Waals surface area contributed by atoms with Gasteiger partial charge in [0.15, 0.2) is 5.41 Å². The van der Waals surface area contributed by atoms with Gasteiger partial charge in [-0.2, -0.15) is 15.8 Å². The first kappa shape index (κ1) is 15.6. The van der Waals surface area contributed by atoms with E-state index in [0.717, 1.165) is 12.8 Å². The molecule has 4 rings (SSSR count). The SMILES string of the molecule is N#CC1(C#N)[C@H](c2ccccc2)O[C@@]23CCCC[C@@H]2[C@@]1(C#N)C(=N)O3. The predicted molar refractivity (Wildman–Crippen MR) is 85.5 cm³/mol. The molecule has 124 valence electrons. The van der Waals surface area contributed by atoms with E-state index in [-0.39, 0.29) is 5.90 Å². The minimum atomic E-state index is -1.83. The first-order valence-electron chi connectivity index (χ1n) is 8.35. The molecule has 6 heteroatoms. The molecule has 2 heterocycles. The van der Waals surface area contributed by atoms with E-state index in [1.165, 1.54) is 0 Å². The number of nitrogens with zero attached hydrogens (tertiary/aromatic N) is 3. The van der Waals surface area contributed by atoms with Crippen LogP contribution in [0.15, 0.2) is 30.3 Å². The number of nitrogens with one attached hydrogen (secondary N) is 1. The highest BCUT2D eigenvalue weighted by molar-refractivity contribution is 5.89. The number of rotatable bonds is 1. The molecule has 6 nitrogen and oxygen atoms in total. The van der Waals surface area contributed by atoms with Gasteiger partial charge in [0.1, 0.15) is 6.10 Å². The van der Waals surface area contributed by atoms with Crippen molar-refractivity contribution >= 4 is 5.90 Å². The van der Waals surface area contributed by atoms with Crippen molar-refractivity contribution in [1.82, 2.24) is 0 Å². The molecule has 3 fully saturated rings. The van der Waals surface area contributed by atoms with Gasteiger partial charge in [0.2, 0.25) is 17.1 Å². The van der Waals surface area contributed by atoms with Crippen LogP contribution >= 0.6 is 0 Å². The summed E-state index contributed by atoms with van der Waals surface area (Å²) in [5.41, 5.74) is -2.80. The van der Waals surface area contributed by atoms with E-state index in [2.05, 4.69) is 18.2 Å². The van der Waals surface area contributed by atoms with Gasteiger partial charge < -0.3 is 9.47 Å². The van der Waals surface area contributed by atoms with Crippen LogP contribution in [0.25, 0.3) is 0 Å². The Morgan fingerprint density at radius 1 is 1.04 bits per heavy atom. The van der Waals surface area contributed by atoms with Gasteiger partial charge in [0, 0.05) is 6.42 Å². The highest BCUT2D eigenvalue weighted by atomic mass is 16.7. The normalized spacial score (nSPS) is 37.7. The molecule has 25 heavy (non-hydrogen) atoms. The van der Waals surface area contributed by atoms with Gasteiger partial charge in [-0.05, 0) is 18.4 Å². The molecule has 1 saturated carbocycles. The Morgan fingerprint density at radius 3 is 2.40 bits per heavy atom. The van der Waals surface area contributed by atoms with E-state index in [0.29, 0.717) is 18.4 Å². The summed E-state index contributed by atoms with van der Waals surface area (Å²) in [7, 11) is 0. The zero-order valence-electron chi connectivity index (χ0n) is 13.5. The Labute approximate surface area is 145 Å². The number of ether oxygens (including phenoxy) is 2. The molecular formula is C19H16N4O2. The maximum atomic E-state index is 10.1. The Bertz CT molecular complexity index is 848. The van der Waals surface area contributed by atoms with Crippen LogP contribution in [0.4, 0.5) is 0 Å². The molecule has 0 radical (unpaired) electrons. The van der Waals surface area contributed by atoms with Crippen LogP contribution < -0.4 is 0 Å². The van der Waals surface area contributed by atoms with Crippen molar-refractivity contribution in [2.75, 3.05) is 0 Å². The van der Waals surface area contributed by atoms with Gasteiger partial charge in [-0.15, -0.1) is 0 Å². The van der Waals surface area contributed by atoms with E-state index in [9.17, 15) is 15.8 Å².